The van der Waals surface area contributed by atoms with Gasteiger partial charge >= 0.3 is 165 Å². The Bertz CT molecular complexity index is 1090. The van der Waals surface area contributed by atoms with Gasteiger partial charge in [-0.25, -0.2) is 0 Å². The zero-order valence-electron chi connectivity index (χ0n) is 13.5. The summed E-state index contributed by atoms with van der Waals surface area (Å²) >= 11 is 1.93. The number of nitrogens with zero attached hydrogens (tertiary/aromatic N) is 3. The van der Waals surface area contributed by atoms with E-state index in [-0.39, 0.29) is 15.0 Å². The van der Waals surface area contributed by atoms with Crippen LogP contribution in [0.3, 0.4) is 0 Å². The molecule has 0 atom stereocenters. The molecule has 3 aromatic heterocycles. The van der Waals surface area contributed by atoms with Gasteiger partial charge in [0.1, 0.15) is 0 Å². The fourth-order valence-corrected chi connectivity index (χ4v) is 6.54. The van der Waals surface area contributed by atoms with E-state index in [2.05, 4.69) is 4.98 Å². The summed E-state index contributed by atoms with van der Waals surface area (Å²) in [4.78, 5) is 10.3. The monoisotopic (exact) mass is 443 g/mol. The number of benzene rings is 1. The van der Waals surface area contributed by atoms with Crippen molar-refractivity contribution in [2.45, 2.75) is 4.90 Å². The van der Waals surface area contributed by atoms with E-state index in [9.17, 15) is 4.21 Å². The first-order valence-electron chi connectivity index (χ1n) is 7.81. The molecule has 0 saturated heterocycles. The van der Waals surface area contributed by atoms with Crippen LogP contribution in [0.25, 0.3) is 17.0 Å². The molecular weight excluding hydrogens is 429 g/mol. The Kier molecular flexibility index (Phi) is 5.32. The van der Waals surface area contributed by atoms with Crippen LogP contribution in [0, 0.1) is 0 Å². The quantitative estimate of drug-likeness (QED) is 0.277. The first-order valence-corrected chi connectivity index (χ1v) is 11.1. The van der Waals surface area contributed by atoms with Gasteiger partial charge in [-0.15, -0.1) is 0 Å². The molecule has 0 amide bonds. The van der Waals surface area contributed by atoms with E-state index in [1.807, 2.05) is 77.3 Å². The second kappa shape index (κ2) is 8.01. The Morgan fingerprint density at radius 3 is 2.54 bits per heavy atom. The van der Waals surface area contributed by atoms with Gasteiger partial charge in [0, 0.05) is 0 Å². The Morgan fingerprint density at radius 1 is 0.962 bits per heavy atom. The number of hydrogen-bond acceptors (Lipinski definition) is 4. The summed E-state index contributed by atoms with van der Waals surface area (Å²) in [5.41, 5.74) is 1.84. The molecule has 4 aromatic rings. The van der Waals surface area contributed by atoms with Crippen LogP contribution < -0.4 is 4.59 Å². The van der Waals surface area contributed by atoms with Crippen molar-refractivity contribution in [2.75, 3.05) is 0 Å². The van der Waals surface area contributed by atoms with Crippen LogP contribution in [0.1, 0.15) is 0 Å². The Balaban J connectivity index is 1.72. The normalized spacial score (nSPS) is 10.8. The van der Waals surface area contributed by atoms with Crippen molar-refractivity contribution < 1.29 is 4.21 Å². The molecule has 3 heterocycles. The number of thioether (sulfide) groups is 1. The van der Waals surface area contributed by atoms with E-state index in [1.165, 1.54) is 11.8 Å². The maximum absolute atomic E-state index is 11.7. The van der Waals surface area contributed by atoms with E-state index < -0.39 is 0 Å². The molecule has 0 aliphatic heterocycles. The van der Waals surface area contributed by atoms with Crippen molar-refractivity contribution in [1.82, 2.24) is 14.4 Å². The second-order valence-electron chi connectivity index (χ2n) is 5.26. The summed E-state index contributed by atoms with van der Waals surface area (Å²) in [6.45, 7) is 0. The number of fused-ring (bicyclic) bond motifs is 1. The molecule has 4 rings (SSSR count). The fraction of sp³-hybridized carbons (Fsp3) is 0. The number of aromatic nitrogens is 3. The fourth-order valence-electron chi connectivity index (χ4n) is 2.48. The third-order valence-electron chi connectivity index (χ3n) is 3.60. The average Bonchev–Trinajstić information content (AvgIpc) is 3.07. The topological polar surface area (TPSA) is 47.3 Å². The molecule has 0 N–H and O–H groups in total. The number of imidazole rings is 1. The molecule has 0 aliphatic carbocycles. The predicted octanol–water partition coefficient (Wildman–Crippen LogP) is 2.82. The molecule has 7 heteroatoms. The van der Waals surface area contributed by atoms with Gasteiger partial charge in [0.2, 0.25) is 0 Å². The van der Waals surface area contributed by atoms with Crippen molar-refractivity contribution in [3.8, 4) is 11.5 Å². The van der Waals surface area contributed by atoms with E-state index >= 15 is 0 Å². The minimum atomic E-state index is -0.160. The molecule has 4 nitrogen and oxygen atoms in total. The van der Waals surface area contributed by atoms with Crippen molar-refractivity contribution >= 4 is 51.2 Å². The third-order valence-corrected chi connectivity index (χ3v) is 8.07. The van der Waals surface area contributed by atoms with Gasteiger partial charge in [0.25, 0.3) is 0 Å². The molecule has 0 spiro atoms. The van der Waals surface area contributed by atoms with Crippen molar-refractivity contribution in [2.24, 2.45) is 0 Å². The molecule has 0 aliphatic rings. The maximum atomic E-state index is 11.7. The second-order valence-corrected chi connectivity index (χ2v) is 10.4. The van der Waals surface area contributed by atoms with Gasteiger partial charge in [-0.05, 0) is 0 Å². The van der Waals surface area contributed by atoms with E-state index in [0.29, 0.717) is 11.3 Å². The molecule has 0 radical (unpaired) electrons. The van der Waals surface area contributed by atoms with Crippen LogP contribution in [0.2, 0.25) is 0 Å². The van der Waals surface area contributed by atoms with Crippen LogP contribution in [0.4, 0.5) is 0 Å². The molecule has 0 fully saturated rings. The molecule has 0 unspecified atom stereocenters. The summed E-state index contributed by atoms with van der Waals surface area (Å²) in [5.74, 6) is 0.804. The Morgan fingerprint density at radius 2 is 1.77 bits per heavy atom. The van der Waals surface area contributed by atoms with E-state index in [1.54, 1.807) is 6.20 Å². The molecule has 128 valence electrons. The van der Waals surface area contributed by atoms with Crippen molar-refractivity contribution in [3.05, 3.63) is 79.1 Å². The number of rotatable bonds is 4. The van der Waals surface area contributed by atoms with Crippen molar-refractivity contribution in [3.63, 3.8) is 0 Å². The molecular formula is C19H13N3OS2Se. The predicted molar refractivity (Wildman–Crippen MR) is 109 cm³/mol. The van der Waals surface area contributed by atoms with Gasteiger partial charge in [-0.2, -0.15) is 0 Å². The van der Waals surface area contributed by atoms with E-state index in [4.69, 9.17) is 4.98 Å². The van der Waals surface area contributed by atoms with Crippen LogP contribution in [0.5, 0.6) is 0 Å². The summed E-state index contributed by atoms with van der Waals surface area (Å²) in [6.07, 6.45) is 3.75. The minimum absolute atomic E-state index is 0.160. The van der Waals surface area contributed by atoms with Crippen LogP contribution >= 0.6 is 11.8 Å². The molecule has 26 heavy (non-hydrogen) atoms. The Hall–Kier alpha value is -2.18. The standard InChI is InChI=1S/C19H13N3OS2Se/c23-25-19(24-14-8-2-1-3-9-14)26-18-16-11-5-7-13-22(16)17(21-18)15-10-4-6-12-20-15/h1-13H. The van der Waals surface area contributed by atoms with Crippen LogP contribution in [0.15, 0.2) is 84.0 Å². The molecule has 0 saturated carbocycles. The van der Waals surface area contributed by atoms with Crippen molar-refractivity contribution in [1.29, 1.82) is 0 Å². The number of hydrogen-bond donors (Lipinski definition) is 0. The molecule has 1 aromatic carbocycles. The first-order chi connectivity index (χ1) is 12.8. The van der Waals surface area contributed by atoms with E-state index in [0.717, 1.165) is 29.6 Å². The Labute approximate surface area is 164 Å². The van der Waals surface area contributed by atoms with Crippen LogP contribution in [-0.2, 0) is 11.3 Å². The average molecular weight is 442 g/mol. The summed E-state index contributed by atoms with van der Waals surface area (Å²) in [6, 6.07) is 21.8. The van der Waals surface area contributed by atoms with Gasteiger partial charge in [-0.3, -0.25) is 0 Å². The van der Waals surface area contributed by atoms with Gasteiger partial charge in [0.05, 0.1) is 0 Å². The SMILES string of the molecule is O=S=C(Sc1ccccc1)[Se]c1nc(-c2ccccn2)n2ccccc12. The van der Waals surface area contributed by atoms with Gasteiger partial charge in [-0.1, -0.05) is 0 Å². The third kappa shape index (κ3) is 3.66. The summed E-state index contributed by atoms with van der Waals surface area (Å²) in [7, 11) is 0. The van der Waals surface area contributed by atoms with Gasteiger partial charge < -0.3 is 0 Å². The first kappa shape index (κ1) is 17.2. The van der Waals surface area contributed by atoms with Gasteiger partial charge in [0.15, 0.2) is 0 Å². The molecule has 0 bridgehead atoms. The van der Waals surface area contributed by atoms with Crippen LogP contribution in [-0.4, -0.2) is 36.6 Å². The zero-order chi connectivity index (χ0) is 17.8. The summed E-state index contributed by atoms with van der Waals surface area (Å²) < 4.78 is 15.5. The number of pyridine rings is 2. The zero-order valence-corrected chi connectivity index (χ0v) is 16.8. The summed E-state index contributed by atoms with van der Waals surface area (Å²) in [5, 5.41) is 0.